The predicted molar refractivity (Wildman–Crippen MR) is 82.0 cm³/mol. The second-order valence-electron chi connectivity index (χ2n) is 6.28. The van der Waals surface area contributed by atoms with Crippen molar-refractivity contribution in [1.29, 1.82) is 0 Å². The van der Waals surface area contributed by atoms with Crippen molar-refractivity contribution in [3.63, 3.8) is 0 Å². The van der Waals surface area contributed by atoms with Gasteiger partial charge in [0.2, 0.25) is 0 Å². The highest BCUT2D eigenvalue weighted by molar-refractivity contribution is 5.27. The van der Waals surface area contributed by atoms with E-state index < -0.39 is 0 Å². The summed E-state index contributed by atoms with van der Waals surface area (Å²) in [6.07, 6.45) is 5.53. The maximum Gasteiger partial charge on any atom is 0.118 e. The van der Waals surface area contributed by atoms with Gasteiger partial charge >= 0.3 is 0 Å². The Labute approximate surface area is 122 Å². The Hall–Kier alpha value is -1.06. The van der Waals surface area contributed by atoms with Crippen LogP contribution in [0.1, 0.15) is 31.2 Å². The lowest BCUT2D eigenvalue weighted by atomic mass is 10.1. The molecule has 1 N–H and O–H groups in total. The maximum atomic E-state index is 5.23. The number of benzene rings is 1. The van der Waals surface area contributed by atoms with Crippen molar-refractivity contribution in [2.75, 3.05) is 26.7 Å². The van der Waals surface area contributed by atoms with E-state index in [0.29, 0.717) is 6.04 Å². The van der Waals surface area contributed by atoms with E-state index in [-0.39, 0.29) is 0 Å². The van der Waals surface area contributed by atoms with Crippen LogP contribution in [0.3, 0.4) is 0 Å². The molecule has 0 spiro atoms. The van der Waals surface area contributed by atoms with E-state index in [2.05, 4.69) is 34.5 Å². The average molecular weight is 274 g/mol. The molecule has 1 atom stereocenters. The fourth-order valence-electron chi connectivity index (χ4n) is 3.08. The molecule has 3 rings (SSSR count). The van der Waals surface area contributed by atoms with Crippen molar-refractivity contribution in [2.24, 2.45) is 5.92 Å². The molecule has 3 heteroatoms. The molecule has 0 radical (unpaired) electrons. The minimum Gasteiger partial charge on any atom is -0.497 e. The molecule has 1 aliphatic carbocycles. The van der Waals surface area contributed by atoms with Crippen LogP contribution in [-0.4, -0.2) is 37.7 Å². The Balaban J connectivity index is 1.58. The van der Waals surface area contributed by atoms with Crippen LogP contribution >= 0.6 is 0 Å². The molecule has 0 bridgehead atoms. The first-order valence-corrected chi connectivity index (χ1v) is 7.92. The first-order valence-electron chi connectivity index (χ1n) is 7.92. The zero-order valence-corrected chi connectivity index (χ0v) is 12.5. The van der Waals surface area contributed by atoms with E-state index in [4.69, 9.17) is 4.74 Å². The van der Waals surface area contributed by atoms with Gasteiger partial charge in [0.1, 0.15) is 5.75 Å². The first kappa shape index (κ1) is 13.9. The van der Waals surface area contributed by atoms with Crippen LogP contribution < -0.4 is 10.1 Å². The SMILES string of the molecule is COc1ccc(CN(CC2CC2)CC2CCCN2)cc1. The van der Waals surface area contributed by atoms with Gasteiger partial charge in [0.25, 0.3) is 0 Å². The van der Waals surface area contributed by atoms with E-state index >= 15 is 0 Å². The summed E-state index contributed by atoms with van der Waals surface area (Å²) in [6.45, 7) is 4.73. The van der Waals surface area contributed by atoms with Crippen LogP contribution in [0.5, 0.6) is 5.75 Å². The minimum atomic E-state index is 0.701. The molecule has 1 aromatic rings. The van der Waals surface area contributed by atoms with Gasteiger partial charge in [-0.05, 0) is 55.8 Å². The van der Waals surface area contributed by atoms with Gasteiger partial charge in [-0.15, -0.1) is 0 Å². The van der Waals surface area contributed by atoms with Crippen molar-refractivity contribution in [2.45, 2.75) is 38.3 Å². The van der Waals surface area contributed by atoms with Gasteiger partial charge < -0.3 is 10.1 Å². The number of methoxy groups -OCH3 is 1. The van der Waals surface area contributed by atoms with Crippen LogP contribution in [0.2, 0.25) is 0 Å². The van der Waals surface area contributed by atoms with Crippen molar-refractivity contribution >= 4 is 0 Å². The Morgan fingerprint density at radius 3 is 2.55 bits per heavy atom. The molecule has 1 heterocycles. The molecule has 3 nitrogen and oxygen atoms in total. The largest absolute Gasteiger partial charge is 0.497 e. The summed E-state index contributed by atoms with van der Waals surface area (Å²) < 4.78 is 5.23. The lowest BCUT2D eigenvalue weighted by molar-refractivity contribution is 0.232. The normalized spacial score (nSPS) is 22.4. The van der Waals surface area contributed by atoms with Crippen LogP contribution in [0.4, 0.5) is 0 Å². The summed E-state index contributed by atoms with van der Waals surface area (Å²) in [5.74, 6) is 1.90. The molecular formula is C17H26N2O. The number of rotatable bonds is 7. The molecule has 1 saturated heterocycles. The predicted octanol–water partition coefficient (Wildman–Crippen LogP) is 2.66. The highest BCUT2D eigenvalue weighted by Gasteiger charge is 2.26. The van der Waals surface area contributed by atoms with Crippen molar-refractivity contribution < 1.29 is 4.74 Å². The molecular weight excluding hydrogens is 248 g/mol. The van der Waals surface area contributed by atoms with Crippen LogP contribution in [-0.2, 0) is 6.54 Å². The zero-order chi connectivity index (χ0) is 13.8. The monoisotopic (exact) mass is 274 g/mol. The summed E-state index contributed by atoms with van der Waals surface area (Å²) >= 11 is 0. The summed E-state index contributed by atoms with van der Waals surface area (Å²) in [7, 11) is 1.72. The summed E-state index contributed by atoms with van der Waals surface area (Å²) in [4.78, 5) is 2.64. The van der Waals surface area contributed by atoms with Crippen molar-refractivity contribution in [1.82, 2.24) is 10.2 Å². The fourth-order valence-corrected chi connectivity index (χ4v) is 3.08. The van der Waals surface area contributed by atoms with E-state index in [1.54, 1.807) is 7.11 Å². The average Bonchev–Trinajstić information content (AvgIpc) is 3.13. The Bertz CT molecular complexity index is 408. The molecule has 20 heavy (non-hydrogen) atoms. The third-order valence-electron chi connectivity index (χ3n) is 4.42. The number of hydrogen-bond acceptors (Lipinski definition) is 3. The molecule has 110 valence electrons. The lowest BCUT2D eigenvalue weighted by Gasteiger charge is -2.25. The first-order chi connectivity index (χ1) is 9.83. The van der Waals surface area contributed by atoms with Crippen LogP contribution in [0, 0.1) is 5.92 Å². The second-order valence-corrected chi connectivity index (χ2v) is 6.28. The van der Waals surface area contributed by atoms with E-state index in [0.717, 1.165) is 18.2 Å². The van der Waals surface area contributed by atoms with Gasteiger partial charge in [-0.2, -0.15) is 0 Å². The molecule has 1 saturated carbocycles. The van der Waals surface area contributed by atoms with Crippen molar-refractivity contribution in [3.8, 4) is 5.75 Å². The second kappa shape index (κ2) is 6.59. The quantitative estimate of drug-likeness (QED) is 0.827. The number of ether oxygens (including phenoxy) is 1. The Morgan fingerprint density at radius 1 is 1.15 bits per heavy atom. The molecule has 2 aliphatic rings. The number of nitrogens with one attached hydrogen (secondary N) is 1. The lowest BCUT2D eigenvalue weighted by Crippen LogP contribution is -2.38. The van der Waals surface area contributed by atoms with Gasteiger partial charge in [0, 0.05) is 25.7 Å². The molecule has 0 amide bonds. The summed E-state index contributed by atoms with van der Waals surface area (Å²) in [6, 6.07) is 9.23. The van der Waals surface area contributed by atoms with Crippen LogP contribution in [0.25, 0.3) is 0 Å². The third-order valence-corrected chi connectivity index (χ3v) is 4.42. The molecule has 1 aliphatic heterocycles. The van der Waals surface area contributed by atoms with Gasteiger partial charge in [-0.3, -0.25) is 4.90 Å². The highest BCUT2D eigenvalue weighted by atomic mass is 16.5. The number of hydrogen-bond donors (Lipinski definition) is 1. The van der Waals surface area contributed by atoms with E-state index in [9.17, 15) is 0 Å². The standard InChI is InChI=1S/C17H26N2O/c1-20-17-8-6-15(7-9-17)12-19(11-14-4-5-14)13-16-3-2-10-18-16/h6-9,14,16,18H,2-5,10-13H2,1H3. The Morgan fingerprint density at radius 2 is 1.95 bits per heavy atom. The molecule has 1 unspecified atom stereocenters. The summed E-state index contributed by atoms with van der Waals surface area (Å²) in [5.41, 5.74) is 1.39. The molecule has 2 fully saturated rings. The Kier molecular flexibility index (Phi) is 4.58. The number of nitrogens with zero attached hydrogens (tertiary/aromatic N) is 1. The topological polar surface area (TPSA) is 24.5 Å². The maximum absolute atomic E-state index is 5.23. The smallest absolute Gasteiger partial charge is 0.118 e. The van der Waals surface area contributed by atoms with Crippen molar-refractivity contribution in [3.05, 3.63) is 29.8 Å². The molecule has 1 aromatic carbocycles. The van der Waals surface area contributed by atoms with Gasteiger partial charge in [-0.1, -0.05) is 12.1 Å². The van der Waals surface area contributed by atoms with E-state index in [1.165, 1.54) is 50.9 Å². The fraction of sp³-hybridized carbons (Fsp3) is 0.647. The van der Waals surface area contributed by atoms with Gasteiger partial charge in [0.05, 0.1) is 7.11 Å². The third kappa shape index (κ3) is 3.97. The van der Waals surface area contributed by atoms with E-state index in [1.807, 2.05) is 0 Å². The summed E-state index contributed by atoms with van der Waals surface area (Å²) in [5, 5.41) is 3.62. The van der Waals surface area contributed by atoms with Crippen LogP contribution in [0.15, 0.2) is 24.3 Å². The highest BCUT2D eigenvalue weighted by Crippen LogP contribution is 2.30. The zero-order valence-electron chi connectivity index (χ0n) is 12.5. The molecule has 0 aromatic heterocycles. The minimum absolute atomic E-state index is 0.701. The van der Waals surface area contributed by atoms with Gasteiger partial charge in [0.15, 0.2) is 0 Å². The van der Waals surface area contributed by atoms with Gasteiger partial charge in [-0.25, -0.2) is 0 Å².